The first kappa shape index (κ1) is 27.2. The Kier molecular flexibility index (Phi) is 7.88. The van der Waals surface area contributed by atoms with Crippen LogP contribution in [-0.2, 0) is 23.1 Å². The predicted octanol–water partition coefficient (Wildman–Crippen LogP) is 4.56. The summed E-state index contributed by atoms with van der Waals surface area (Å²) in [6.07, 6.45) is -0.483. The lowest BCUT2D eigenvalue weighted by Gasteiger charge is -2.40. The average Bonchev–Trinajstić information content (AvgIpc) is 3.20. The number of hydrogen-bond acceptors (Lipinski definition) is 6. The predicted molar refractivity (Wildman–Crippen MR) is 130 cm³/mol. The summed E-state index contributed by atoms with van der Waals surface area (Å²) < 4.78 is 24.2. The second-order valence-electron chi connectivity index (χ2n) is 11.8. The lowest BCUT2D eigenvalue weighted by Crippen LogP contribution is -2.48. The molecule has 0 saturated carbocycles. The van der Waals surface area contributed by atoms with E-state index in [0.29, 0.717) is 13.0 Å². The van der Waals surface area contributed by atoms with Crippen LogP contribution in [0.5, 0.6) is 0 Å². The molecule has 0 N–H and O–H groups in total. The molecule has 2 rings (SSSR count). The van der Waals surface area contributed by atoms with Crippen LogP contribution in [-0.4, -0.2) is 77.9 Å². The Hall–Kier alpha value is -1.08. The van der Waals surface area contributed by atoms with Gasteiger partial charge in [0.2, 0.25) is 0 Å². The van der Waals surface area contributed by atoms with Crippen LogP contribution in [0, 0.1) is 0 Å². The number of carbonyl (C=O) groups excluding carboxylic acids is 2. The van der Waals surface area contributed by atoms with Gasteiger partial charge in [-0.3, -0.25) is 4.90 Å². The molecule has 10 heteroatoms. The Morgan fingerprint density at radius 1 is 1.09 bits per heavy atom. The van der Waals surface area contributed by atoms with Crippen LogP contribution in [0.2, 0.25) is 36.3 Å². The molecule has 0 aliphatic carbocycles. The molecule has 0 spiro atoms. The molecule has 2 heterocycles. The average molecular weight is 487 g/mol. The highest BCUT2D eigenvalue weighted by atomic mass is 28.4. The van der Waals surface area contributed by atoms with Crippen molar-refractivity contribution >= 4 is 34.3 Å². The first-order valence-corrected chi connectivity index (χ1v) is 17.1. The summed E-state index contributed by atoms with van der Waals surface area (Å²) in [4.78, 5) is 29.7. The number of nitrogens with zero attached hydrogens (tertiary/aromatic N) is 2. The number of hydrogen-bond donors (Lipinski definition) is 0. The van der Waals surface area contributed by atoms with Crippen molar-refractivity contribution in [2.75, 3.05) is 20.3 Å². The Bertz CT molecular complexity index is 755. The van der Waals surface area contributed by atoms with E-state index in [-0.39, 0.29) is 34.5 Å². The molecule has 0 unspecified atom stereocenters. The first-order chi connectivity index (χ1) is 14.4. The number of ether oxygens (including phenoxy) is 2. The van der Waals surface area contributed by atoms with Crippen molar-refractivity contribution in [3.63, 3.8) is 0 Å². The third-order valence-corrected chi connectivity index (χ3v) is 16.4. The molecule has 2 amide bonds. The van der Waals surface area contributed by atoms with Gasteiger partial charge in [0, 0.05) is 6.42 Å². The van der Waals surface area contributed by atoms with Crippen molar-refractivity contribution in [3.05, 3.63) is 0 Å². The highest BCUT2D eigenvalue weighted by molar-refractivity contribution is 6.74. The van der Waals surface area contributed by atoms with E-state index in [1.165, 1.54) is 12.0 Å². The van der Waals surface area contributed by atoms with E-state index in [1.54, 1.807) is 0 Å². The topological polar surface area (TPSA) is 86.7 Å². The summed E-state index contributed by atoms with van der Waals surface area (Å²) in [6, 6.07) is -0.479. The third kappa shape index (κ3) is 5.88. The highest BCUT2D eigenvalue weighted by Gasteiger charge is 2.49. The van der Waals surface area contributed by atoms with Gasteiger partial charge in [0.1, 0.15) is 12.3 Å². The minimum Gasteiger partial charge on any atom is -0.464 e. The molecule has 0 aromatic carbocycles. The fourth-order valence-electron chi connectivity index (χ4n) is 3.13. The molecule has 0 aromatic heterocycles. The van der Waals surface area contributed by atoms with Gasteiger partial charge in [0.15, 0.2) is 22.3 Å². The third-order valence-electron chi connectivity index (χ3n) is 7.41. The van der Waals surface area contributed by atoms with E-state index in [2.05, 4.69) is 72.7 Å². The molecule has 1 saturated heterocycles. The normalized spacial score (nSPS) is 25.3. The second kappa shape index (κ2) is 9.29. The zero-order chi connectivity index (χ0) is 24.7. The zero-order valence-corrected chi connectivity index (χ0v) is 23.7. The number of rotatable bonds is 7. The van der Waals surface area contributed by atoms with E-state index in [0.717, 1.165) is 0 Å². The van der Waals surface area contributed by atoms with E-state index in [4.69, 9.17) is 18.3 Å². The zero-order valence-electron chi connectivity index (χ0n) is 21.7. The summed E-state index contributed by atoms with van der Waals surface area (Å²) in [5.41, 5.74) is 0.101. The molecular formula is C22H42N2O6Si2. The molecule has 2 aliphatic heterocycles. The maximum atomic E-state index is 12.5. The van der Waals surface area contributed by atoms with Crippen LogP contribution >= 0.6 is 0 Å². The second-order valence-corrected chi connectivity index (χ2v) is 21.4. The van der Waals surface area contributed by atoms with Crippen LogP contribution in [0.4, 0.5) is 4.79 Å². The number of methoxy groups -OCH3 is 1. The molecule has 32 heavy (non-hydrogen) atoms. The van der Waals surface area contributed by atoms with Gasteiger partial charge < -0.3 is 18.3 Å². The standard InChI is InChI=1S/C22H42N2O6Si2/c1-21(2,3)31(8,9)28-14-17-16(30-32(10,11)22(4,5)6)12-18(29-17)24-13-15(19(25)27-7)23-20(24)26/h16-18H,12-14H2,1-11H3/t16-,17+,18+/m0/s1. The van der Waals surface area contributed by atoms with Crippen molar-refractivity contribution in [1.29, 1.82) is 0 Å². The summed E-state index contributed by atoms with van der Waals surface area (Å²) in [6.45, 7) is 22.6. The maximum absolute atomic E-state index is 12.5. The Morgan fingerprint density at radius 2 is 1.66 bits per heavy atom. The van der Waals surface area contributed by atoms with Crippen molar-refractivity contribution in [3.8, 4) is 0 Å². The Labute approximate surface area is 195 Å². The molecule has 184 valence electrons. The molecule has 2 aliphatic rings. The molecule has 0 radical (unpaired) electrons. The molecular weight excluding hydrogens is 444 g/mol. The van der Waals surface area contributed by atoms with Crippen molar-refractivity contribution in [2.24, 2.45) is 4.99 Å². The van der Waals surface area contributed by atoms with Crippen molar-refractivity contribution < 1.29 is 27.9 Å². The SMILES string of the molecule is COC(=O)C1=NC(=O)N([C@H]2C[C@H](O[Si](C)(C)C(C)(C)C)[C@@H](CO[Si](C)(C)C(C)(C)C)O2)C1. The summed E-state index contributed by atoms with van der Waals surface area (Å²) in [5, 5.41) is 0.121. The van der Waals surface area contributed by atoms with Gasteiger partial charge >= 0.3 is 12.0 Å². The summed E-state index contributed by atoms with van der Waals surface area (Å²) >= 11 is 0. The number of carbonyl (C=O) groups is 2. The molecule has 1 fully saturated rings. The quantitative estimate of drug-likeness (QED) is 0.387. The minimum atomic E-state index is -2.08. The molecule has 0 aromatic rings. The fraction of sp³-hybridized carbons (Fsp3) is 0.864. The molecule has 0 bridgehead atoms. The monoisotopic (exact) mass is 486 g/mol. The minimum absolute atomic E-state index is 0.0422. The number of esters is 1. The molecule has 3 atom stereocenters. The van der Waals surface area contributed by atoms with E-state index >= 15 is 0 Å². The van der Waals surface area contributed by atoms with Crippen LogP contribution in [0.25, 0.3) is 0 Å². The number of amides is 2. The van der Waals surface area contributed by atoms with Crippen LogP contribution in [0.15, 0.2) is 4.99 Å². The smallest absolute Gasteiger partial charge is 0.354 e. The summed E-state index contributed by atoms with van der Waals surface area (Å²) in [5.74, 6) is -0.592. The lowest BCUT2D eigenvalue weighted by atomic mass is 10.2. The van der Waals surface area contributed by atoms with Gasteiger partial charge in [-0.05, 0) is 36.3 Å². The van der Waals surface area contributed by atoms with Gasteiger partial charge in [0.25, 0.3) is 0 Å². The van der Waals surface area contributed by atoms with E-state index in [1.807, 2.05) is 0 Å². The Balaban J connectivity index is 2.20. The first-order valence-electron chi connectivity index (χ1n) is 11.3. The van der Waals surface area contributed by atoms with Gasteiger partial charge in [-0.15, -0.1) is 0 Å². The van der Waals surface area contributed by atoms with Gasteiger partial charge in [-0.25, -0.2) is 9.59 Å². The number of aliphatic imine (C=N–C) groups is 1. The Morgan fingerprint density at radius 3 is 2.16 bits per heavy atom. The summed E-state index contributed by atoms with van der Waals surface area (Å²) in [7, 11) is -2.78. The molecule has 8 nitrogen and oxygen atoms in total. The van der Waals surface area contributed by atoms with Crippen LogP contribution < -0.4 is 0 Å². The highest BCUT2D eigenvalue weighted by Crippen LogP contribution is 2.41. The van der Waals surface area contributed by atoms with Crippen molar-refractivity contribution in [1.82, 2.24) is 4.90 Å². The van der Waals surface area contributed by atoms with Crippen LogP contribution in [0.1, 0.15) is 48.0 Å². The van der Waals surface area contributed by atoms with Gasteiger partial charge in [0.05, 0.1) is 26.4 Å². The van der Waals surface area contributed by atoms with E-state index < -0.39 is 34.9 Å². The van der Waals surface area contributed by atoms with Gasteiger partial charge in [-0.1, -0.05) is 41.5 Å². The fourth-order valence-corrected chi connectivity index (χ4v) is 5.50. The van der Waals surface area contributed by atoms with Crippen molar-refractivity contribution in [2.45, 2.75) is 103 Å². The van der Waals surface area contributed by atoms with E-state index in [9.17, 15) is 9.59 Å². The maximum Gasteiger partial charge on any atom is 0.354 e. The number of urea groups is 1. The largest absolute Gasteiger partial charge is 0.464 e. The lowest BCUT2D eigenvalue weighted by molar-refractivity contribution is -0.132. The van der Waals surface area contributed by atoms with Gasteiger partial charge in [-0.2, -0.15) is 4.99 Å². The van der Waals surface area contributed by atoms with Crippen LogP contribution in [0.3, 0.4) is 0 Å².